The Bertz CT molecular complexity index is 804. The molecule has 1 aliphatic heterocycles. The Morgan fingerprint density at radius 3 is 2.76 bits per heavy atom. The molecule has 1 amide bonds. The highest BCUT2D eigenvalue weighted by Crippen LogP contribution is 2.28. The SMILES string of the molecule is O=C1CC(c2ccc(-c3cnn4ccccc34)cc2)CN1. The van der Waals surface area contributed by atoms with Crippen molar-refractivity contribution in [3.63, 3.8) is 0 Å². The molecular formula is C17H15N3O. The Kier molecular flexibility index (Phi) is 2.74. The molecular weight excluding hydrogens is 262 g/mol. The number of fused-ring (bicyclic) bond motifs is 1. The van der Waals surface area contributed by atoms with Gasteiger partial charge in [0.15, 0.2) is 0 Å². The number of carbonyl (C=O) groups is 1. The number of hydrogen-bond donors (Lipinski definition) is 1. The molecule has 4 heteroatoms. The van der Waals surface area contributed by atoms with Crippen LogP contribution in [-0.2, 0) is 4.79 Å². The Hall–Kier alpha value is -2.62. The molecule has 4 rings (SSSR count). The number of hydrogen-bond acceptors (Lipinski definition) is 2. The molecule has 1 fully saturated rings. The van der Waals surface area contributed by atoms with E-state index in [0.29, 0.717) is 12.3 Å². The Morgan fingerprint density at radius 1 is 1.14 bits per heavy atom. The van der Waals surface area contributed by atoms with E-state index in [1.54, 1.807) is 0 Å². The van der Waals surface area contributed by atoms with Crippen molar-refractivity contribution in [3.05, 3.63) is 60.4 Å². The fourth-order valence-electron chi connectivity index (χ4n) is 2.93. The minimum atomic E-state index is 0.145. The maximum absolute atomic E-state index is 11.3. The standard InChI is InChI=1S/C17H15N3O/c21-17-9-14(10-18-17)12-4-6-13(7-5-12)15-11-19-20-8-2-1-3-16(15)20/h1-8,11,14H,9-10H2,(H,18,21). The lowest BCUT2D eigenvalue weighted by atomic mass is 9.96. The van der Waals surface area contributed by atoms with E-state index < -0.39 is 0 Å². The zero-order valence-corrected chi connectivity index (χ0v) is 11.5. The van der Waals surface area contributed by atoms with Crippen molar-refractivity contribution in [1.29, 1.82) is 0 Å². The van der Waals surface area contributed by atoms with E-state index in [2.05, 4.69) is 40.7 Å². The topological polar surface area (TPSA) is 46.4 Å². The highest BCUT2D eigenvalue weighted by molar-refractivity contribution is 5.81. The number of amides is 1. The summed E-state index contributed by atoms with van der Waals surface area (Å²) in [4.78, 5) is 11.3. The molecule has 104 valence electrons. The van der Waals surface area contributed by atoms with Gasteiger partial charge in [-0.25, -0.2) is 4.52 Å². The van der Waals surface area contributed by atoms with Crippen LogP contribution in [0.25, 0.3) is 16.6 Å². The van der Waals surface area contributed by atoms with Gasteiger partial charge in [-0.15, -0.1) is 0 Å². The van der Waals surface area contributed by atoms with E-state index in [4.69, 9.17) is 0 Å². The minimum Gasteiger partial charge on any atom is -0.355 e. The molecule has 3 aromatic rings. The predicted molar refractivity (Wildman–Crippen MR) is 81.0 cm³/mol. The monoisotopic (exact) mass is 277 g/mol. The van der Waals surface area contributed by atoms with Crippen molar-refractivity contribution in [2.75, 3.05) is 6.54 Å². The summed E-state index contributed by atoms with van der Waals surface area (Å²) < 4.78 is 1.88. The van der Waals surface area contributed by atoms with Crippen molar-refractivity contribution < 1.29 is 4.79 Å². The van der Waals surface area contributed by atoms with Crippen LogP contribution >= 0.6 is 0 Å². The van der Waals surface area contributed by atoms with E-state index in [-0.39, 0.29) is 5.91 Å². The van der Waals surface area contributed by atoms with Gasteiger partial charge in [0.2, 0.25) is 5.91 Å². The van der Waals surface area contributed by atoms with Gasteiger partial charge in [0, 0.05) is 30.6 Å². The van der Waals surface area contributed by atoms with Crippen LogP contribution in [0.2, 0.25) is 0 Å². The summed E-state index contributed by atoms with van der Waals surface area (Å²) in [7, 11) is 0. The van der Waals surface area contributed by atoms with Crippen molar-refractivity contribution in [2.24, 2.45) is 0 Å². The van der Waals surface area contributed by atoms with E-state index in [1.807, 2.05) is 29.0 Å². The Balaban J connectivity index is 1.69. The summed E-state index contributed by atoms with van der Waals surface area (Å²) >= 11 is 0. The lowest BCUT2D eigenvalue weighted by Gasteiger charge is -2.08. The summed E-state index contributed by atoms with van der Waals surface area (Å²) in [5.41, 5.74) is 4.59. The van der Waals surface area contributed by atoms with Crippen LogP contribution in [0.5, 0.6) is 0 Å². The summed E-state index contributed by atoms with van der Waals surface area (Å²) in [6.07, 6.45) is 4.43. The summed E-state index contributed by atoms with van der Waals surface area (Å²) in [6, 6.07) is 14.5. The van der Waals surface area contributed by atoms with Crippen LogP contribution in [0, 0.1) is 0 Å². The molecule has 0 aliphatic carbocycles. The molecule has 1 N–H and O–H groups in total. The van der Waals surface area contributed by atoms with Crippen LogP contribution in [0.15, 0.2) is 54.9 Å². The summed E-state index contributed by atoms with van der Waals surface area (Å²) in [6.45, 7) is 0.745. The smallest absolute Gasteiger partial charge is 0.220 e. The van der Waals surface area contributed by atoms with E-state index in [1.165, 1.54) is 5.56 Å². The van der Waals surface area contributed by atoms with Crippen LogP contribution in [0.3, 0.4) is 0 Å². The van der Waals surface area contributed by atoms with Crippen molar-refractivity contribution >= 4 is 11.4 Å². The zero-order chi connectivity index (χ0) is 14.2. The van der Waals surface area contributed by atoms with Crippen molar-refractivity contribution in [2.45, 2.75) is 12.3 Å². The van der Waals surface area contributed by atoms with Gasteiger partial charge in [0.1, 0.15) is 0 Å². The average Bonchev–Trinajstić information content (AvgIpc) is 3.14. The number of nitrogens with one attached hydrogen (secondary N) is 1. The van der Waals surface area contributed by atoms with Gasteiger partial charge in [0.05, 0.1) is 11.7 Å². The zero-order valence-electron chi connectivity index (χ0n) is 11.5. The molecule has 0 saturated carbocycles. The van der Waals surface area contributed by atoms with Crippen LogP contribution in [-0.4, -0.2) is 22.1 Å². The lowest BCUT2D eigenvalue weighted by molar-refractivity contribution is -0.119. The largest absolute Gasteiger partial charge is 0.355 e. The average molecular weight is 277 g/mol. The first-order chi connectivity index (χ1) is 10.3. The van der Waals surface area contributed by atoms with Gasteiger partial charge in [-0.2, -0.15) is 5.10 Å². The quantitative estimate of drug-likeness (QED) is 0.782. The van der Waals surface area contributed by atoms with Gasteiger partial charge in [-0.05, 0) is 23.3 Å². The predicted octanol–water partition coefficient (Wildman–Crippen LogP) is 2.60. The lowest BCUT2D eigenvalue weighted by Crippen LogP contribution is -2.13. The van der Waals surface area contributed by atoms with E-state index in [9.17, 15) is 4.79 Å². The molecule has 0 spiro atoms. The third kappa shape index (κ3) is 2.09. The molecule has 21 heavy (non-hydrogen) atoms. The summed E-state index contributed by atoms with van der Waals surface area (Å²) in [5.74, 6) is 0.446. The Morgan fingerprint density at radius 2 is 2.00 bits per heavy atom. The number of pyridine rings is 1. The highest BCUT2D eigenvalue weighted by atomic mass is 16.1. The number of nitrogens with zero attached hydrogens (tertiary/aromatic N) is 2. The van der Waals surface area contributed by atoms with Crippen molar-refractivity contribution in [1.82, 2.24) is 14.9 Å². The third-order valence-electron chi connectivity index (χ3n) is 4.10. The number of benzene rings is 1. The van der Waals surface area contributed by atoms with E-state index >= 15 is 0 Å². The van der Waals surface area contributed by atoms with Gasteiger partial charge < -0.3 is 5.32 Å². The van der Waals surface area contributed by atoms with Gasteiger partial charge >= 0.3 is 0 Å². The fraction of sp³-hybridized carbons (Fsp3) is 0.176. The first-order valence-corrected chi connectivity index (χ1v) is 7.11. The second-order valence-electron chi connectivity index (χ2n) is 5.42. The first-order valence-electron chi connectivity index (χ1n) is 7.11. The molecule has 1 aromatic carbocycles. The number of aromatic nitrogens is 2. The van der Waals surface area contributed by atoms with Gasteiger partial charge in [0.25, 0.3) is 0 Å². The number of rotatable bonds is 2. The molecule has 4 nitrogen and oxygen atoms in total. The number of carbonyl (C=O) groups excluding carboxylic acids is 1. The van der Waals surface area contributed by atoms with Gasteiger partial charge in [-0.3, -0.25) is 4.79 Å². The van der Waals surface area contributed by atoms with Crippen LogP contribution < -0.4 is 5.32 Å². The minimum absolute atomic E-state index is 0.145. The molecule has 1 atom stereocenters. The second kappa shape index (κ2) is 4.74. The molecule has 3 heterocycles. The second-order valence-corrected chi connectivity index (χ2v) is 5.42. The summed E-state index contributed by atoms with van der Waals surface area (Å²) in [5, 5.41) is 7.25. The molecule has 2 aromatic heterocycles. The maximum Gasteiger partial charge on any atom is 0.220 e. The maximum atomic E-state index is 11.3. The molecule has 1 saturated heterocycles. The fourth-order valence-corrected chi connectivity index (χ4v) is 2.93. The Labute approximate surface area is 122 Å². The normalized spacial score (nSPS) is 18.1. The molecule has 1 unspecified atom stereocenters. The molecule has 0 radical (unpaired) electrons. The third-order valence-corrected chi connectivity index (χ3v) is 4.10. The van der Waals surface area contributed by atoms with Crippen LogP contribution in [0.1, 0.15) is 17.9 Å². The molecule has 0 bridgehead atoms. The van der Waals surface area contributed by atoms with Crippen LogP contribution in [0.4, 0.5) is 0 Å². The highest BCUT2D eigenvalue weighted by Gasteiger charge is 2.22. The molecule has 1 aliphatic rings. The first kappa shape index (κ1) is 12.1. The van der Waals surface area contributed by atoms with Crippen molar-refractivity contribution in [3.8, 4) is 11.1 Å². The van der Waals surface area contributed by atoms with E-state index in [0.717, 1.165) is 23.2 Å². The van der Waals surface area contributed by atoms with Gasteiger partial charge in [-0.1, -0.05) is 30.3 Å².